The molecule has 1 atom stereocenters. The molecule has 1 aromatic carbocycles. The number of benzene rings is 1. The van der Waals surface area contributed by atoms with Crippen molar-refractivity contribution in [2.45, 2.75) is 36.0 Å². The Labute approximate surface area is 110 Å². The lowest BCUT2D eigenvalue weighted by Crippen LogP contribution is -2.39. The summed E-state index contributed by atoms with van der Waals surface area (Å²) in [6.07, 6.45) is 1.74. The summed E-state index contributed by atoms with van der Waals surface area (Å²) in [5.74, 6) is -1.37. The minimum Gasteiger partial charge on any atom is -0.396 e. The zero-order valence-electron chi connectivity index (χ0n) is 10.4. The number of hydrogen-bond acceptors (Lipinski definition) is 4. The van der Waals surface area contributed by atoms with Crippen molar-refractivity contribution in [2.75, 3.05) is 5.73 Å². The van der Waals surface area contributed by atoms with Crippen LogP contribution >= 0.6 is 0 Å². The molecule has 5 nitrogen and oxygen atoms in total. The van der Waals surface area contributed by atoms with Gasteiger partial charge < -0.3 is 11.1 Å². The third-order valence-electron chi connectivity index (χ3n) is 3.06. The van der Waals surface area contributed by atoms with Gasteiger partial charge in [-0.05, 0) is 38.0 Å². The fourth-order valence-electron chi connectivity index (χ4n) is 1.58. The third kappa shape index (κ3) is 2.86. The van der Waals surface area contributed by atoms with E-state index in [4.69, 9.17) is 5.73 Å². The highest BCUT2D eigenvalue weighted by Gasteiger charge is 2.33. The number of nitrogens with one attached hydrogen (secondary N) is 1. The smallest absolute Gasteiger partial charge is 0.238 e. The molecule has 0 spiro atoms. The van der Waals surface area contributed by atoms with Gasteiger partial charge in [0.25, 0.3) is 0 Å². The molecule has 7 heteroatoms. The van der Waals surface area contributed by atoms with Gasteiger partial charge in [0, 0.05) is 6.04 Å². The summed E-state index contributed by atoms with van der Waals surface area (Å²) in [5.41, 5.74) is 5.16. The summed E-state index contributed by atoms with van der Waals surface area (Å²) in [6, 6.07) is 3.29. The molecular weight excluding hydrogens is 271 g/mol. The van der Waals surface area contributed by atoms with Crippen LogP contribution in [-0.4, -0.2) is 25.6 Å². The standard InChI is InChI=1S/C12H15FN2O3S/c1-7(12(16)15-8-2-3-8)19(17,18)9-4-5-11(14)10(13)6-9/h4-8H,2-3,14H2,1H3,(H,15,16). The molecule has 0 aromatic heterocycles. The fraction of sp³-hybridized carbons (Fsp3) is 0.417. The molecule has 1 amide bonds. The summed E-state index contributed by atoms with van der Waals surface area (Å²) in [6.45, 7) is 1.29. The van der Waals surface area contributed by atoms with Crippen LogP contribution in [0.3, 0.4) is 0 Å². The van der Waals surface area contributed by atoms with Crippen molar-refractivity contribution in [1.82, 2.24) is 5.32 Å². The average Bonchev–Trinajstić information content (AvgIpc) is 3.15. The Morgan fingerprint density at radius 2 is 2.11 bits per heavy atom. The van der Waals surface area contributed by atoms with Gasteiger partial charge in [0.1, 0.15) is 11.1 Å². The molecule has 0 radical (unpaired) electrons. The van der Waals surface area contributed by atoms with E-state index in [0.717, 1.165) is 18.9 Å². The van der Waals surface area contributed by atoms with Crippen LogP contribution in [0, 0.1) is 5.82 Å². The van der Waals surface area contributed by atoms with Crippen molar-refractivity contribution in [3.05, 3.63) is 24.0 Å². The Bertz CT molecular complexity index is 611. The fourth-order valence-corrected chi connectivity index (χ4v) is 2.86. The van der Waals surface area contributed by atoms with Crippen LogP contribution in [0.25, 0.3) is 0 Å². The maximum absolute atomic E-state index is 13.3. The normalized spacial score (nSPS) is 16.9. The number of carbonyl (C=O) groups is 1. The van der Waals surface area contributed by atoms with E-state index in [1.54, 1.807) is 0 Å². The van der Waals surface area contributed by atoms with Crippen molar-refractivity contribution >= 4 is 21.4 Å². The van der Waals surface area contributed by atoms with Crippen LogP contribution in [0.15, 0.2) is 23.1 Å². The second kappa shape index (κ2) is 4.80. The maximum Gasteiger partial charge on any atom is 0.238 e. The Balaban J connectivity index is 2.24. The van der Waals surface area contributed by atoms with Crippen molar-refractivity contribution in [1.29, 1.82) is 0 Å². The molecule has 3 N–H and O–H groups in total. The minimum atomic E-state index is -3.90. The molecule has 1 saturated carbocycles. The number of amides is 1. The van der Waals surface area contributed by atoms with Gasteiger partial charge in [-0.15, -0.1) is 0 Å². The van der Waals surface area contributed by atoms with Gasteiger partial charge in [0.2, 0.25) is 5.91 Å². The average molecular weight is 286 g/mol. The van der Waals surface area contributed by atoms with Crippen LogP contribution in [-0.2, 0) is 14.6 Å². The quantitative estimate of drug-likeness (QED) is 0.803. The van der Waals surface area contributed by atoms with E-state index in [2.05, 4.69) is 5.32 Å². The van der Waals surface area contributed by atoms with Gasteiger partial charge in [-0.1, -0.05) is 0 Å². The highest BCUT2D eigenvalue weighted by molar-refractivity contribution is 7.92. The Morgan fingerprint density at radius 3 is 2.63 bits per heavy atom. The number of halogens is 1. The predicted octanol–water partition coefficient (Wildman–Crippen LogP) is 0.849. The number of nitrogen functional groups attached to an aromatic ring is 1. The van der Waals surface area contributed by atoms with E-state index in [1.807, 2.05) is 0 Å². The van der Waals surface area contributed by atoms with E-state index in [-0.39, 0.29) is 16.6 Å². The van der Waals surface area contributed by atoms with Crippen LogP contribution in [0.2, 0.25) is 0 Å². The van der Waals surface area contributed by atoms with E-state index in [0.29, 0.717) is 0 Å². The van der Waals surface area contributed by atoms with Crippen LogP contribution in [0.1, 0.15) is 19.8 Å². The van der Waals surface area contributed by atoms with E-state index < -0.39 is 26.8 Å². The van der Waals surface area contributed by atoms with Crippen LogP contribution in [0.5, 0.6) is 0 Å². The van der Waals surface area contributed by atoms with E-state index >= 15 is 0 Å². The first-order chi connectivity index (χ1) is 8.82. The third-order valence-corrected chi connectivity index (χ3v) is 5.11. The van der Waals surface area contributed by atoms with Gasteiger partial charge in [-0.2, -0.15) is 0 Å². The van der Waals surface area contributed by atoms with Gasteiger partial charge >= 0.3 is 0 Å². The van der Waals surface area contributed by atoms with Gasteiger partial charge in [-0.25, -0.2) is 12.8 Å². The SMILES string of the molecule is CC(C(=O)NC1CC1)S(=O)(=O)c1ccc(N)c(F)c1. The lowest BCUT2D eigenvalue weighted by Gasteiger charge is -2.13. The van der Waals surface area contributed by atoms with Gasteiger partial charge in [-0.3, -0.25) is 4.79 Å². The molecule has 1 aliphatic rings. The topological polar surface area (TPSA) is 89.3 Å². The molecule has 1 unspecified atom stereocenters. The number of anilines is 1. The molecule has 0 aliphatic heterocycles. The molecule has 1 aromatic rings. The molecule has 0 saturated heterocycles. The second-order valence-electron chi connectivity index (χ2n) is 4.65. The molecule has 19 heavy (non-hydrogen) atoms. The van der Waals surface area contributed by atoms with Crippen molar-refractivity contribution in [3.8, 4) is 0 Å². The summed E-state index contributed by atoms with van der Waals surface area (Å²) < 4.78 is 37.6. The summed E-state index contributed by atoms with van der Waals surface area (Å²) >= 11 is 0. The number of rotatable bonds is 4. The van der Waals surface area contributed by atoms with E-state index in [1.165, 1.54) is 19.1 Å². The Morgan fingerprint density at radius 1 is 1.47 bits per heavy atom. The largest absolute Gasteiger partial charge is 0.396 e. The van der Waals surface area contributed by atoms with Crippen molar-refractivity contribution < 1.29 is 17.6 Å². The highest BCUT2D eigenvalue weighted by Crippen LogP contribution is 2.23. The number of carbonyl (C=O) groups excluding carboxylic acids is 1. The molecule has 104 valence electrons. The molecular formula is C12H15FN2O3S. The molecule has 1 aliphatic carbocycles. The predicted molar refractivity (Wildman–Crippen MR) is 68.6 cm³/mol. The second-order valence-corrected chi connectivity index (χ2v) is 6.92. The monoisotopic (exact) mass is 286 g/mol. The Hall–Kier alpha value is -1.63. The number of nitrogens with two attached hydrogens (primary N) is 1. The van der Waals surface area contributed by atoms with Crippen LogP contribution < -0.4 is 11.1 Å². The summed E-state index contributed by atoms with van der Waals surface area (Å²) in [4.78, 5) is 11.5. The minimum absolute atomic E-state index is 0.0771. The van der Waals surface area contributed by atoms with Gasteiger partial charge in [0.15, 0.2) is 9.84 Å². The van der Waals surface area contributed by atoms with Crippen molar-refractivity contribution in [2.24, 2.45) is 0 Å². The first-order valence-corrected chi connectivity index (χ1v) is 7.46. The Kier molecular flexibility index (Phi) is 3.49. The molecule has 0 heterocycles. The van der Waals surface area contributed by atoms with Crippen LogP contribution in [0.4, 0.5) is 10.1 Å². The zero-order valence-corrected chi connectivity index (χ0v) is 11.2. The zero-order chi connectivity index (χ0) is 14.2. The lowest BCUT2D eigenvalue weighted by molar-refractivity contribution is -0.120. The highest BCUT2D eigenvalue weighted by atomic mass is 32.2. The molecule has 1 fully saturated rings. The van der Waals surface area contributed by atoms with E-state index in [9.17, 15) is 17.6 Å². The molecule has 0 bridgehead atoms. The first kappa shape index (κ1) is 13.8. The van der Waals surface area contributed by atoms with Gasteiger partial charge in [0.05, 0.1) is 10.6 Å². The first-order valence-electron chi connectivity index (χ1n) is 5.91. The number of sulfone groups is 1. The lowest BCUT2D eigenvalue weighted by atomic mass is 10.3. The van der Waals surface area contributed by atoms with Crippen molar-refractivity contribution in [3.63, 3.8) is 0 Å². The number of hydrogen-bond donors (Lipinski definition) is 2. The molecule has 2 rings (SSSR count). The maximum atomic E-state index is 13.3. The summed E-state index contributed by atoms with van der Waals surface area (Å²) in [5, 5.41) is 1.37. The summed E-state index contributed by atoms with van der Waals surface area (Å²) in [7, 11) is -3.90.